The Bertz CT molecular complexity index is 410. The Morgan fingerprint density at radius 2 is 2.33 bits per heavy atom. The number of nitrogens with zero attached hydrogens (tertiary/aromatic N) is 1. The summed E-state index contributed by atoms with van der Waals surface area (Å²) in [4.78, 5) is 18.1. The number of nitrogen functional groups attached to an aromatic ring is 1. The first-order valence-electron chi connectivity index (χ1n) is 4.74. The molecule has 6 nitrogen and oxygen atoms in total. The van der Waals surface area contributed by atoms with E-state index in [0.717, 1.165) is 0 Å². The molecule has 3 N–H and O–H groups in total. The van der Waals surface area contributed by atoms with Gasteiger partial charge >= 0.3 is 0 Å². The molecule has 0 saturated carbocycles. The Balaban J connectivity index is 2.32. The average Bonchev–Trinajstić information content (AvgIpc) is 2.26. The predicted molar refractivity (Wildman–Crippen MR) is 53.5 cm³/mol. The van der Waals surface area contributed by atoms with Gasteiger partial charge in [-0.05, 0) is 6.92 Å². The van der Waals surface area contributed by atoms with Gasteiger partial charge in [-0.15, -0.1) is 0 Å². The molecule has 2 heterocycles. The number of aromatic nitrogens is 2. The molecule has 1 aromatic heterocycles. The highest BCUT2D eigenvalue weighted by molar-refractivity contribution is 5.36. The van der Waals surface area contributed by atoms with E-state index in [1.54, 1.807) is 6.92 Å². The van der Waals surface area contributed by atoms with E-state index in [-0.39, 0.29) is 17.5 Å². The first-order chi connectivity index (χ1) is 7.18. The maximum Gasteiger partial charge on any atom is 0.255 e. The Morgan fingerprint density at radius 3 is 2.93 bits per heavy atom. The second kappa shape index (κ2) is 4.00. The SMILES string of the molecule is Cc1c(N)nc(C2COCCO2)[nH]c1=O. The summed E-state index contributed by atoms with van der Waals surface area (Å²) in [5, 5.41) is 0. The van der Waals surface area contributed by atoms with Gasteiger partial charge in [-0.1, -0.05) is 0 Å². The van der Waals surface area contributed by atoms with Gasteiger partial charge in [-0.2, -0.15) is 0 Å². The third-order valence-electron chi connectivity index (χ3n) is 2.33. The van der Waals surface area contributed by atoms with Crippen molar-refractivity contribution < 1.29 is 9.47 Å². The summed E-state index contributed by atoms with van der Waals surface area (Å²) in [6.07, 6.45) is -0.325. The monoisotopic (exact) mass is 211 g/mol. The van der Waals surface area contributed by atoms with Gasteiger partial charge in [-0.3, -0.25) is 4.79 Å². The molecule has 1 aliphatic heterocycles. The van der Waals surface area contributed by atoms with Crippen molar-refractivity contribution in [2.45, 2.75) is 13.0 Å². The van der Waals surface area contributed by atoms with Crippen LogP contribution < -0.4 is 11.3 Å². The number of aromatic amines is 1. The summed E-state index contributed by atoms with van der Waals surface area (Å²) in [6, 6.07) is 0. The van der Waals surface area contributed by atoms with Crippen LogP contribution in [0.25, 0.3) is 0 Å². The summed E-state index contributed by atoms with van der Waals surface area (Å²) in [6.45, 7) is 3.10. The number of H-pyrrole nitrogens is 1. The summed E-state index contributed by atoms with van der Waals surface area (Å²) >= 11 is 0. The van der Waals surface area contributed by atoms with Crippen LogP contribution in [0.15, 0.2) is 4.79 Å². The quantitative estimate of drug-likeness (QED) is 0.668. The van der Waals surface area contributed by atoms with Crippen molar-refractivity contribution in [3.63, 3.8) is 0 Å². The van der Waals surface area contributed by atoms with Crippen molar-refractivity contribution in [3.05, 3.63) is 21.7 Å². The standard InChI is InChI=1S/C9H13N3O3/c1-5-7(10)11-8(12-9(5)13)6-4-14-2-3-15-6/h6H,2-4H2,1H3,(H3,10,11,12,13). The van der Waals surface area contributed by atoms with E-state index in [0.29, 0.717) is 31.2 Å². The molecule has 0 spiro atoms. The molecule has 0 aliphatic carbocycles. The van der Waals surface area contributed by atoms with Gasteiger partial charge in [0.15, 0.2) is 0 Å². The normalized spacial score (nSPS) is 21.5. The minimum atomic E-state index is -0.325. The highest BCUT2D eigenvalue weighted by Gasteiger charge is 2.20. The number of rotatable bonds is 1. The zero-order valence-electron chi connectivity index (χ0n) is 8.45. The second-order valence-corrected chi connectivity index (χ2v) is 3.40. The summed E-state index contributed by atoms with van der Waals surface area (Å²) in [7, 11) is 0. The maximum atomic E-state index is 11.4. The molecule has 6 heteroatoms. The van der Waals surface area contributed by atoms with E-state index in [1.807, 2.05) is 0 Å². The van der Waals surface area contributed by atoms with Gasteiger partial charge in [0.2, 0.25) is 0 Å². The molecule has 1 aliphatic rings. The van der Waals surface area contributed by atoms with Crippen LogP contribution in [0, 0.1) is 6.92 Å². The Labute approximate surface area is 86.4 Å². The first-order valence-corrected chi connectivity index (χ1v) is 4.74. The number of ether oxygens (including phenoxy) is 2. The lowest BCUT2D eigenvalue weighted by Crippen LogP contribution is -2.27. The van der Waals surface area contributed by atoms with Crippen LogP contribution in [0.5, 0.6) is 0 Å². The molecule has 1 unspecified atom stereocenters. The van der Waals surface area contributed by atoms with E-state index in [1.165, 1.54) is 0 Å². The van der Waals surface area contributed by atoms with Crippen molar-refractivity contribution in [3.8, 4) is 0 Å². The van der Waals surface area contributed by atoms with Crippen LogP contribution in [-0.2, 0) is 9.47 Å². The van der Waals surface area contributed by atoms with E-state index < -0.39 is 0 Å². The summed E-state index contributed by atoms with van der Waals surface area (Å²) in [5.41, 5.74) is 5.80. The van der Waals surface area contributed by atoms with Gasteiger partial charge in [0.25, 0.3) is 5.56 Å². The minimum absolute atomic E-state index is 0.230. The third kappa shape index (κ3) is 2.00. The van der Waals surface area contributed by atoms with Crippen molar-refractivity contribution in [2.24, 2.45) is 0 Å². The van der Waals surface area contributed by atoms with Gasteiger partial charge in [-0.25, -0.2) is 4.98 Å². The van der Waals surface area contributed by atoms with E-state index >= 15 is 0 Å². The first kappa shape index (κ1) is 10.1. The fourth-order valence-electron chi connectivity index (χ4n) is 1.37. The predicted octanol–water partition coefficient (Wildman–Crippen LogP) is -0.252. The van der Waals surface area contributed by atoms with Crippen molar-refractivity contribution >= 4 is 5.82 Å². The lowest BCUT2D eigenvalue weighted by molar-refractivity contribution is -0.0935. The number of hydrogen-bond donors (Lipinski definition) is 2. The topological polar surface area (TPSA) is 90.2 Å². The molecule has 0 radical (unpaired) electrons. The van der Waals surface area contributed by atoms with E-state index in [9.17, 15) is 4.79 Å². The van der Waals surface area contributed by atoms with Crippen LogP contribution in [0.4, 0.5) is 5.82 Å². The molecule has 1 fully saturated rings. The lowest BCUT2D eigenvalue weighted by atomic mass is 10.3. The lowest BCUT2D eigenvalue weighted by Gasteiger charge is -2.22. The smallest absolute Gasteiger partial charge is 0.255 e. The van der Waals surface area contributed by atoms with Crippen LogP contribution in [0.2, 0.25) is 0 Å². The molecule has 0 amide bonds. The highest BCUT2D eigenvalue weighted by atomic mass is 16.6. The third-order valence-corrected chi connectivity index (χ3v) is 2.33. The molecule has 82 valence electrons. The van der Waals surface area contributed by atoms with Gasteiger partial charge < -0.3 is 20.2 Å². The number of nitrogens with one attached hydrogen (secondary N) is 1. The van der Waals surface area contributed by atoms with Crippen LogP contribution in [0.3, 0.4) is 0 Å². The Morgan fingerprint density at radius 1 is 1.53 bits per heavy atom. The number of nitrogens with two attached hydrogens (primary N) is 1. The van der Waals surface area contributed by atoms with Crippen LogP contribution >= 0.6 is 0 Å². The number of hydrogen-bond acceptors (Lipinski definition) is 5. The summed E-state index contributed by atoms with van der Waals surface area (Å²) in [5.74, 6) is 0.672. The molecule has 1 saturated heterocycles. The fraction of sp³-hybridized carbons (Fsp3) is 0.556. The van der Waals surface area contributed by atoms with Gasteiger partial charge in [0.1, 0.15) is 17.7 Å². The molecule has 2 rings (SSSR count). The molecule has 15 heavy (non-hydrogen) atoms. The zero-order chi connectivity index (χ0) is 10.8. The van der Waals surface area contributed by atoms with Crippen molar-refractivity contribution in [1.82, 2.24) is 9.97 Å². The van der Waals surface area contributed by atoms with Crippen molar-refractivity contribution in [2.75, 3.05) is 25.6 Å². The Kier molecular flexibility index (Phi) is 2.70. The van der Waals surface area contributed by atoms with Gasteiger partial charge in [0, 0.05) is 0 Å². The maximum absolute atomic E-state index is 11.4. The molecule has 1 aromatic rings. The average molecular weight is 211 g/mol. The zero-order valence-corrected chi connectivity index (χ0v) is 8.45. The van der Waals surface area contributed by atoms with Crippen molar-refractivity contribution in [1.29, 1.82) is 0 Å². The highest BCUT2D eigenvalue weighted by Crippen LogP contribution is 2.17. The van der Waals surface area contributed by atoms with Gasteiger partial charge in [0.05, 0.1) is 25.4 Å². The second-order valence-electron chi connectivity index (χ2n) is 3.40. The number of anilines is 1. The van der Waals surface area contributed by atoms with E-state index in [4.69, 9.17) is 15.2 Å². The van der Waals surface area contributed by atoms with E-state index in [2.05, 4.69) is 9.97 Å². The minimum Gasteiger partial charge on any atom is -0.383 e. The molecule has 1 atom stereocenters. The molecule has 0 aromatic carbocycles. The van der Waals surface area contributed by atoms with Crippen LogP contribution in [0.1, 0.15) is 17.5 Å². The Hall–Kier alpha value is -1.40. The van der Waals surface area contributed by atoms with Crippen LogP contribution in [-0.4, -0.2) is 29.8 Å². The molecular weight excluding hydrogens is 198 g/mol. The largest absolute Gasteiger partial charge is 0.383 e. The summed E-state index contributed by atoms with van der Waals surface area (Å²) < 4.78 is 10.6. The molecular formula is C9H13N3O3. The molecule has 0 bridgehead atoms. The fourth-order valence-corrected chi connectivity index (χ4v) is 1.37.